The maximum absolute atomic E-state index is 14.1. The summed E-state index contributed by atoms with van der Waals surface area (Å²) in [4.78, 5) is 68.5. The van der Waals surface area contributed by atoms with Crippen molar-refractivity contribution in [1.82, 2.24) is 21.3 Å². The Morgan fingerprint density at radius 3 is 1.70 bits per heavy atom. The number of epoxide rings is 1. The van der Waals surface area contributed by atoms with Gasteiger partial charge >= 0.3 is 6.03 Å². The third-order valence-corrected chi connectivity index (χ3v) is 9.25. The van der Waals surface area contributed by atoms with Crippen LogP contribution < -0.4 is 26.6 Å². The van der Waals surface area contributed by atoms with E-state index in [-0.39, 0.29) is 36.9 Å². The van der Waals surface area contributed by atoms with Crippen LogP contribution >= 0.6 is 0 Å². The number of aliphatic hydroxyl groups is 2. The van der Waals surface area contributed by atoms with Crippen molar-refractivity contribution in [3.63, 3.8) is 0 Å². The molecule has 1 fully saturated rings. The van der Waals surface area contributed by atoms with Gasteiger partial charge in [0.2, 0.25) is 30.1 Å². The first-order valence-corrected chi connectivity index (χ1v) is 18.6. The van der Waals surface area contributed by atoms with Crippen molar-refractivity contribution in [1.29, 1.82) is 0 Å². The van der Waals surface area contributed by atoms with Crippen molar-refractivity contribution in [3.8, 4) is 0 Å². The molecule has 1 aliphatic heterocycles. The number of amides is 5. The van der Waals surface area contributed by atoms with Gasteiger partial charge in [-0.25, -0.2) is 4.79 Å². The lowest BCUT2D eigenvalue weighted by atomic mass is 9.93. The number of hydrogen-bond acceptors (Lipinski definition) is 5. The smallest absolute Gasteiger partial charge is 0.319 e. The summed E-state index contributed by atoms with van der Waals surface area (Å²) in [5, 5.41) is 14.3. The van der Waals surface area contributed by atoms with Crippen LogP contribution in [-0.2, 0) is 32.0 Å². The number of hydrogen-bond donors (Lipinski definition) is 5. The van der Waals surface area contributed by atoms with E-state index in [0.717, 1.165) is 16.7 Å². The summed E-state index contributed by atoms with van der Waals surface area (Å²) < 4.78 is 4.25. The zero-order valence-corrected chi connectivity index (χ0v) is 31.8. The third-order valence-electron chi connectivity index (χ3n) is 9.25. The molecule has 4 rings (SSSR count). The monoisotopic (exact) mass is 726 g/mol. The van der Waals surface area contributed by atoms with Crippen molar-refractivity contribution >= 4 is 35.2 Å². The van der Waals surface area contributed by atoms with Gasteiger partial charge in [0.25, 0.3) is 5.60 Å². The number of nitrogens with one attached hydrogen (secondary N) is 5. The van der Waals surface area contributed by atoms with Gasteiger partial charge in [-0.05, 0) is 67.7 Å². The van der Waals surface area contributed by atoms with Gasteiger partial charge in [0.05, 0.1) is 6.04 Å². The first kappa shape index (κ1) is 40.7. The lowest BCUT2D eigenvalue weighted by Gasteiger charge is -2.27. The average molecular weight is 727 g/mol. The predicted molar refractivity (Wildman–Crippen MR) is 207 cm³/mol. The number of ether oxygens (including phenoxy) is 1. The summed E-state index contributed by atoms with van der Waals surface area (Å²) >= 11 is 0. The van der Waals surface area contributed by atoms with Crippen molar-refractivity contribution in [3.05, 3.63) is 102 Å². The van der Waals surface area contributed by atoms with Gasteiger partial charge in [-0.3, -0.25) is 19.2 Å². The molecule has 1 aliphatic rings. The minimum Gasteiger partial charge on any atom is -0.411 e. The maximum Gasteiger partial charge on any atom is 0.319 e. The molecule has 0 aromatic heterocycles. The van der Waals surface area contributed by atoms with Gasteiger partial charge in [0, 0.05) is 19.0 Å². The summed E-state index contributed by atoms with van der Waals surface area (Å²) in [6.45, 7) is 12.0. The Hall–Kier alpha value is -5.03. The second kappa shape index (κ2) is 19.2. The third kappa shape index (κ3) is 13.2. The minimum atomic E-state index is -1.03. The Morgan fingerprint density at radius 2 is 1.13 bits per heavy atom. The van der Waals surface area contributed by atoms with Crippen LogP contribution in [0.15, 0.2) is 84.9 Å². The van der Waals surface area contributed by atoms with E-state index in [9.17, 15) is 24.0 Å². The van der Waals surface area contributed by atoms with Gasteiger partial charge in [-0.2, -0.15) is 0 Å². The van der Waals surface area contributed by atoms with E-state index >= 15 is 0 Å². The van der Waals surface area contributed by atoms with Gasteiger partial charge in [-0.1, -0.05) is 106 Å². The maximum atomic E-state index is 14.1. The molecule has 0 saturated carbocycles. The molecule has 53 heavy (non-hydrogen) atoms. The zero-order chi connectivity index (χ0) is 38.5. The molecule has 0 spiro atoms. The Kier molecular flexibility index (Phi) is 14.7. The number of rotatable bonds is 19. The molecular weight excluding hydrogens is 670 g/mol. The lowest BCUT2D eigenvalue weighted by Crippen LogP contribution is -2.59. The molecule has 0 radical (unpaired) electrons. The van der Waals surface area contributed by atoms with E-state index in [1.807, 2.05) is 107 Å². The van der Waals surface area contributed by atoms with Crippen LogP contribution in [-0.4, -0.2) is 70.6 Å². The summed E-state index contributed by atoms with van der Waals surface area (Å²) in [6.07, 6.45) is 1.68. The van der Waals surface area contributed by atoms with E-state index in [1.165, 1.54) is 0 Å². The molecule has 0 bridgehead atoms. The number of anilines is 1. The number of ketones is 1. The number of benzene rings is 3. The number of aryl methyl sites for hydroxylation is 2. The fraction of sp³-hybridized carbons (Fsp3) is 0.452. The number of urea groups is 1. The SMILES string of the molecule is Cc1ccc(NC(=O)N[C@@H](CCc2ccccc2)C(=O)NC(CC(C)C)C(=O)N[C@@H](Cc2ccccc2)C(=O)NC(CC(C)C)C(=O)[C@@]2(C)C[OH+]2)cc1. The highest BCUT2D eigenvalue weighted by atomic mass is 16.6. The minimum absolute atomic E-state index is 0.00379. The van der Waals surface area contributed by atoms with E-state index in [4.69, 9.17) is 0 Å². The molecule has 2 unspecified atom stereocenters. The van der Waals surface area contributed by atoms with E-state index in [1.54, 1.807) is 19.1 Å². The zero-order valence-electron chi connectivity index (χ0n) is 31.8. The van der Waals surface area contributed by atoms with Crippen LogP contribution in [0.4, 0.5) is 10.5 Å². The first-order valence-electron chi connectivity index (χ1n) is 18.6. The van der Waals surface area contributed by atoms with Crippen molar-refractivity contribution < 1.29 is 28.7 Å². The average Bonchev–Trinajstić information content (AvgIpc) is 3.88. The predicted octanol–water partition coefficient (Wildman–Crippen LogP) is 4.78. The van der Waals surface area contributed by atoms with Crippen LogP contribution in [0.5, 0.6) is 0 Å². The van der Waals surface area contributed by atoms with Crippen molar-refractivity contribution in [2.45, 2.75) is 103 Å². The lowest BCUT2D eigenvalue weighted by molar-refractivity contribution is -0.135. The molecule has 5 atom stereocenters. The molecule has 1 saturated heterocycles. The second-order valence-corrected chi connectivity index (χ2v) is 15.1. The van der Waals surface area contributed by atoms with Crippen molar-refractivity contribution in [2.75, 3.05) is 11.9 Å². The molecule has 284 valence electrons. The van der Waals surface area contributed by atoms with Crippen LogP contribution in [0.2, 0.25) is 0 Å². The van der Waals surface area contributed by atoms with Gasteiger partial charge in [0.15, 0.2) is 0 Å². The van der Waals surface area contributed by atoms with Gasteiger partial charge < -0.3 is 31.3 Å². The Labute approximate surface area is 313 Å². The number of carbonyl (C=O) groups excluding carboxylic acids is 5. The molecule has 1 heterocycles. The molecule has 3 aromatic rings. The highest BCUT2D eigenvalue weighted by molar-refractivity contribution is 5.99. The Bertz CT molecular complexity index is 1680. The number of carbonyl (C=O) groups is 5. The first-order chi connectivity index (χ1) is 25.2. The fourth-order valence-electron chi connectivity index (χ4n) is 6.12. The molecule has 11 nitrogen and oxygen atoms in total. The summed E-state index contributed by atoms with van der Waals surface area (Å²) in [6, 6.07) is 21.9. The molecule has 3 aromatic carbocycles. The summed E-state index contributed by atoms with van der Waals surface area (Å²) in [7, 11) is 0. The van der Waals surface area contributed by atoms with Gasteiger partial charge in [-0.15, -0.1) is 0 Å². The highest BCUT2D eigenvalue weighted by Gasteiger charge is 2.58. The summed E-state index contributed by atoms with van der Waals surface area (Å²) in [5.41, 5.74) is 2.63. The van der Waals surface area contributed by atoms with Gasteiger partial charge in [0.1, 0.15) is 18.1 Å². The fourth-order valence-corrected chi connectivity index (χ4v) is 6.12. The highest BCUT2D eigenvalue weighted by Crippen LogP contribution is 2.26. The van der Waals surface area contributed by atoms with Crippen molar-refractivity contribution in [2.24, 2.45) is 11.8 Å². The van der Waals surface area contributed by atoms with Crippen LogP contribution in [0, 0.1) is 18.8 Å². The normalized spacial score (nSPS) is 17.2. The molecule has 0 aliphatic carbocycles. The summed E-state index contributed by atoms with van der Waals surface area (Å²) in [5.74, 6) is -1.56. The standard InChI is InChI=1S/C42H55N5O6/c1-27(2)23-34(37(48)42(6)26-53-42)44-40(51)36(25-31-15-11-8-12-16-31)46-39(50)35(24-28(3)4)45-38(49)33(22-19-30-13-9-7-10-14-30)47-41(52)43-32-20-17-29(5)18-21-32/h7-18,20-21,27-28,33-36H,19,22-26H2,1-6H3,(H,44,51)(H,45,49)(H,46,50)(H2,43,47,52)/p+1/t33-,34?,35?,36-,42+/m0/s1. The van der Waals surface area contributed by atoms with E-state index in [2.05, 4.69) is 31.3 Å². The molecule has 5 amide bonds. The van der Waals surface area contributed by atoms with E-state index in [0.29, 0.717) is 25.1 Å². The Balaban J connectivity index is 1.53. The van der Waals surface area contributed by atoms with E-state index < -0.39 is 53.5 Å². The number of Topliss-reactive ketones (excluding diaryl/α,β-unsaturated/α-hetero) is 1. The van der Waals surface area contributed by atoms with Crippen LogP contribution in [0.1, 0.15) is 70.6 Å². The Morgan fingerprint density at radius 1 is 0.642 bits per heavy atom. The quantitative estimate of drug-likeness (QED) is 0.0888. The topological polar surface area (TPSA) is 158 Å². The molecular formula is C42H56N5O6+. The van der Waals surface area contributed by atoms with Crippen LogP contribution in [0.25, 0.3) is 0 Å². The molecule has 6 N–H and O–H groups in total. The largest absolute Gasteiger partial charge is 0.411 e. The molecule has 11 heteroatoms. The second-order valence-electron chi connectivity index (χ2n) is 15.1. The van der Waals surface area contributed by atoms with Crippen LogP contribution in [0.3, 0.4) is 0 Å².